The molecule has 1 aromatic heterocycles. The molecule has 0 spiro atoms. The standard InChI is InChI=1S/C11H9BrFN5O2/c12-5-1-2-8(13)6(3-5)11(19)16-10-7(4-15-17-10)9(14)18-20/h1-4,20H,(H2,14,18)(H2,15,16,17,19). The SMILES string of the molecule is NC(=NO)c1cn[nH]c1NC(=O)c1cc(Br)ccc1F. The van der Waals surface area contributed by atoms with Crippen LogP contribution in [0.1, 0.15) is 15.9 Å². The monoisotopic (exact) mass is 341 g/mol. The Morgan fingerprint density at radius 2 is 2.25 bits per heavy atom. The molecule has 7 nitrogen and oxygen atoms in total. The summed E-state index contributed by atoms with van der Waals surface area (Å²) in [5.74, 6) is -1.50. The second-order valence-corrected chi connectivity index (χ2v) is 4.64. The fraction of sp³-hybridized carbons (Fsp3) is 0. The molecule has 0 radical (unpaired) electrons. The number of carbonyl (C=O) groups is 1. The minimum Gasteiger partial charge on any atom is -0.409 e. The van der Waals surface area contributed by atoms with Crippen molar-refractivity contribution in [2.24, 2.45) is 10.9 Å². The number of amides is 1. The van der Waals surface area contributed by atoms with Gasteiger partial charge in [-0.3, -0.25) is 9.89 Å². The Kier molecular flexibility index (Phi) is 3.99. The van der Waals surface area contributed by atoms with Crippen molar-refractivity contribution in [2.75, 3.05) is 5.32 Å². The van der Waals surface area contributed by atoms with Crippen LogP contribution in [0.15, 0.2) is 34.0 Å². The van der Waals surface area contributed by atoms with E-state index in [9.17, 15) is 9.18 Å². The topological polar surface area (TPSA) is 116 Å². The summed E-state index contributed by atoms with van der Waals surface area (Å²) in [6.45, 7) is 0. The van der Waals surface area contributed by atoms with Crippen molar-refractivity contribution in [2.45, 2.75) is 0 Å². The normalized spacial score (nSPS) is 11.4. The van der Waals surface area contributed by atoms with Gasteiger partial charge in [0.25, 0.3) is 5.91 Å². The first kappa shape index (κ1) is 14.0. The van der Waals surface area contributed by atoms with E-state index in [2.05, 4.69) is 36.6 Å². The average Bonchev–Trinajstić information content (AvgIpc) is 2.88. The maximum atomic E-state index is 13.6. The second kappa shape index (κ2) is 5.70. The van der Waals surface area contributed by atoms with Gasteiger partial charge in [-0.05, 0) is 18.2 Å². The van der Waals surface area contributed by atoms with Crippen molar-refractivity contribution < 1.29 is 14.4 Å². The molecule has 0 saturated heterocycles. The largest absolute Gasteiger partial charge is 0.409 e. The molecule has 0 aliphatic heterocycles. The fourth-order valence-corrected chi connectivity index (χ4v) is 1.84. The minimum absolute atomic E-state index is 0.102. The van der Waals surface area contributed by atoms with Crippen molar-refractivity contribution in [3.63, 3.8) is 0 Å². The number of nitrogens with zero attached hydrogens (tertiary/aromatic N) is 2. The molecule has 1 aromatic carbocycles. The number of aromatic nitrogens is 2. The number of anilines is 1. The van der Waals surface area contributed by atoms with E-state index < -0.39 is 11.7 Å². The van der Waals surface area contributed by atoms with Gasteiger partial charge in [-0.1, -0.05) is 21.1 Å². The van der Waals surface area contributed by atoms with Gasteiger partial charge in [0.05, 0.1) is 17.3 Å². The summed E-state index contributed by atoms with van der Waals surface area (Å²) in [4.78, 5) is 12.0. The summed E-state index contributed by atoms with van der Waals surface area (Å²) in [6, 6.07) is 3.98. The number of H-pyrrole nitrogens is 1. The summed E-state index contributed by atoms with van der Waals surface area (Å²) in [5.41, 5.74) is 5.45. The molecule has 0 aliphatic rings. The zero-order chi connectivity index (χ0) is 14.7. The number of halogens is 2. The van der Waals surface area contributed by atoms with Crippen LogP contribution in [0.2, 0.25) is 0 Å². The molecular formula is C11H9BrFN5O2. The average molecular weight is 342 g/mol. The van der Waals surface area contributed by atoms with Crippen LogP contribution >= 0.6 is 15.9 Å². The van der Waals surface area contributed by atoms with Crippen LogP contribution in [0.5, 0.6) is 0 Å². The molecule has 0 atom stereocenters. The highest BCUT2D eigenvalue weighted by Crippen LogP contribution is 2.18. The molecule has 1 heterocycles. The van der Waals surface area contributed by atoms with Crippen molar-refractivity contribution >= 4 is 33.5 Å². The summed E-state index contributed by atoms with van der Waals surface area (Å²) in [6.07, 6.45) is 1.27. The van der Waals surface area contributed by atoms with Gasteiger partial charge in [-0.2, -0.15) is 5.10 Å². The molecule has 5 N–H and O–H groups in total. The van der Waals surface area contributed by atoms with E-state index >= 15 is 0 Å². The second-order valence-electron chi connectivity index (χ2n) is 3.72. The van der Waals surface area contributed by atoms with Crippen LogP contribution in [0.3, 0.4) is 0 Å². The predicted octanol–water partition coefficient (Wildman–Crippen LogP) is 1.66. The quantitative estimate of drug-likeness (QED) is 0.294. The fourth-order valence-electron chi connectivity index (χ4n) is 1.48. The molecule has 0 aliphatic carbocycles. The van der Waals surface area contributed by atoms with Crippen molar-refractivity contribution in [1.29, 1.82) is 0 Å². The Morgan fingerprint density at radius 3 is 2.95 bits per heavy atom. The van der Waals surface area contributed by atoms with Crippen LogP contribution in [-0.2, 0) is 0 Å². The Bertz CT molecular complexity index is 685. The van der Waals surface area contributed by atoms with E-state index in [1.54, 1.807) is 0 Å². The van der Waals surface area contributed by atoms with Crippen LogP contribution in [-0.4, -0.2) is 27.1 Å². The minimum atomic E-state index is -0.694. The Balaban J connectivity index is 2.29. The molecule has 1 amide bonds. The third kappa shape index (κ3) is 2.77. The van der Waals surface area contributed by atoms with Crippen LogP contribution in [0.25, 0.3) is 0 Å². The van der Waals surface area contributed by atoms with Crippen molar-refractivity contribution in [3.8, 4) is 0 Å². The molecule has 0 fully saturated rings. The summed E-state index contributed by atoms with van der Waals surface area (Å²) < 4.78 is 14.1. The highest BCUT2D eigenvalue weighted by atomic mass is 79.9. The van der Waals surface area contributed by atoms with E-state index in [-0.39, 0.29) is 22.8 Å². The number of benzene rings is 1. The lowest BCUT2D eigenvalue weighted by molar-refractivity contribution is 0.102. The zero-order valence-electron chi connectivity index (χ0n) is 9.89. The molecule has 0 bridgehead atoms. The van der Waals surface area contributed by atoms with Gasteiger partial charge >= 0.3 is 0 Å². The van der Waals surface area contributed by atoms with E-state index in [0.717, 1.165) is 6.07 Å². The van der Waals surface area contributed by atoms with Crippen LogP contribution < -0.4 is 11.1 Å². The van der Waals surface area contributed by atoms with Crippen LogP contribution in [0, 0.1) is 5.82 Å². The predicted molar refractivity (Wildman–Crippen MR) is 73.2 cm³/mol. The number of rotatable bonds is 3. The lowest BCUT2D eigenvalue weighted by Gasteiger charge is -2.06. The third-order valence-electron chi connectivity index (χ3n) is 2.43. The summed E-state index contributed by atoms with van der Waals surface area (Å²) in [5, 5.41) is 19.9. The van der Waals surface area contributed by atoms with Gasteiger partial charge in [0, 0.05) is 4.47 Å². The highest BCUT2D eigenvalue weighted by Gasteiger charge is 2.16. The number of carbonyl (C=O) groups excluding carboxylic acids is 1. The first-order chi connectivity index (χ1) is 9.52. The molecule has 2 aromatic rings. The molecule has 0 unspecified atom stereocenters. The Labute approximate surface area is 120 Å². The van der Waals surface area contributed by atoms with E-state index in [0.29, 0.717) is 4.47 Å². The van der Waals surface area contributed by atoms with Crippen molar-refractivity contribution in [3.05, 3.63) is 45.8 Å². The molecule has 2 rings (SSSR count). The number of hydrogen-bond donors (Lipinski definition) is 4. The summed E-state index contributed by atoms with van der Waals surface area (Å²) in [7, 11) is 0. The number of oxime groups is 1. The summed E-state index contributed by atoms with van der Waals surface area (Å²) >= 11 is 3.15. The van der Waals surface area contributed by atoms with Gasteiger partial charge < -0.3 is 16.3 Å². The molecule has 104 valence electrons. The number of hydrogen-bond acceptors (Lipinski definition) is 4. The van der Waals surface area contributed by atoms with E-state index in [4.69, 9.17) is 10.9 Å². The number of nitrogens with one attached hydrogen (secondary N) is 2. The van der Waals surface area contributed by atoms with E-state index in [1.165, 1.54) is 18.3 Å². The van der Waals surface area contributed by atoms with Crippen LogP contribution in [0.4, 0.5) is 10.2 Å². The number of amidine groups is 1. The number of nitrogens with two attached hydrogens (primary N) is 1. The first-order valence-corrected chi connectivity index (χ1v) is 6.10. The molecule has 0 saturated carbocycles. The first-order valence-electron chi connectivity index (χ1n) is 5.30. The smallest absolute Gasteiger partial charge is 0.259 e. The van der Waals surface area contributed by atoms with Gasteiger partial charge in [0.15, 0.2) is 5.84 Å². The van der Waals surface area contributed by atoms with E-state index in [1.807, 2.05) is 0 Å². The third-order valence-corrected chi connectivity index (χ3v) is 2.93. The zero-order valence-corrected chi connectivity index (χ0v) is 11.5. The van der Waals surface area contributed by atoms with Crippen molar-refractivity contribution in [1.82, 2.24) is 10.2 Å². The maximum absolute atomic E-state index is 13.6. The number of aromatic amines is 1. The highest BCUT2D eigenvalue weighted by molar-refractivity contribution is 9.10. The molecule has 9 heteroatoms. The lowest BCUT2D eigenvalue weighted by atomic mass is 10.2. The van der Waals surface area contributed by atoms with Gasteiger partial charge in [0.2, 0.25) is 0 Å². The molecule has 20 heavy (non-hydrogen) atoms. The Hall–Kier alpha value is -2.42. The van der Waals surface area contributed by atoms with Gasteiger partial charge in [-0.15, -0.1) is 0 Å². The van der Waals surface area contributed by atoms with Gasteiger partial charge in [-0.25, -0.2) is 4.39 Å². The van der Waals surface area contributed by atoms with Gasteiger partial charge in [0.1, 0.15) is 11.6 Å². The maximum Gasteiger partial charge on any atom is 0.259 e. The Morgan fingerprint density at radius 1 is 1.50 bits per heavy atom. The lowest BCUT2D eigenvalue weighted by Crippen LogP contribution is -2.19. The molecular weight excluding hydrogens is 333 g/mol.